The first-order chi connectivity index (χ1) is 14.3. The van der Waals surface area contributed by atoms with E-state index >= 15 is 0 Å². The minimum atomic E-state index is -4.34. The lowest BCUT2D eigenvalue weighted by Crippen LogP contribution is -2.49. The van der Waals surface area contributed by atoms with E-state index in [0.717, 1.165) is 37.3 Å². The molecular weight excluding hydrogens is 522 g/mol. The molecule has 0 amide bonds. The number of benzene rings is 1. The summed E-state index contributed by atoms with van der Waals surface area (Å²) < 4.78 is 45.0. The van der Waals surface area contributed by atoms with Crippen molar-refractivity contribution in [3.63, 3.8) is 0 Å². The second-order valence-corrected chi connectivity index (χ2v) is 8.54. The summed E-state index contributed by atoms with van der Waals surface area (Å²) >= 11 is 0. The molecule has 2 fully saturated rings. The number of aliphatic imine (C=N–C) groups is 1. The summed E-state index contributed by atoms with van der Waals surface area (Å²) in [5, 5.41) is 16.0. The van der Waals surface area contributed by atoms with E-state index < -0.39 is 11.7 Å². The van der Waals surface area contributed by atoms with Gasteiger partial charge in [0, 0.05) is 37.1 Å². The number of alkyl halides is 3. The van der Waals surface area contributed by atoms with Gasteiger partial charge in [-0.15, -0.1) is 24.0 Å². The fourth-order valence-corrected chi connectivity index (χ4v) is 4.33. The first kappa shape index (κ1) is 26.2. The van der Waals surface area contributed by atoms with E-state index in [9.17, 15) is 18.3 Å². The Labute approximate surface area is 199 Å². The topological polar surface area (TPSA) is 65.9 Å². The number of hydrogen-bond acceptors (Lipinski definition) is 3. The van der Waals surface area contributed by atoms with Crippen LogP contribution in [0.4, 0.5) is 13.2 Å². The molecule has 31 heavy (non-hydrogen) atoms. The van der Waals surface area contributed by atoms with Crippen molar-refractivity contribution in [2.75, 3.05) is 39.5 Å². The first-order valence-corrected chi connectivity index (χ1v) is 10.7. The van der Waals surface area contributed by atoms with E-state index in [2.05, 4.69) is 10.6 Å². The second kappa shape index (κ2) is 11.2. The van der Waals surface area contributed by atoms with E-state index in [1.807, 2.05) is 6.92 Å². The van der Waals surface area contributed by atoms with Gasteiger partial charge in [-0.3, -0.25) is 4.99 Å². The van der Waals surface area contributed by atoms with Crippen molar-refractivity contribution < 1.29 is 23.0 Å². The summed E-state index contributed by atoms with van der Waals surface area (Å²) in [6.07, 6.45) is -0.127. The largest absolute Gasteiger partial charge is 0.416 e. The summed E-state index contributed by atoms with van der Waals surface area (Å²) in [6, 6.07) is 5.71. The summed E-state index contributed by atoms with van der Waals surface area (Å²) in [7, 11) is 0. The van der Waals surface area contributed by atoms with Gasteiger partial charge in [-0.2, -0.15) is 13.2 Å². The molecule has 1 heterocycles. The molecule has 0 aromatic heterocycles. The Morgan fingerprint density at radius 2 is 2.00 bits per heavy atom. The predicted octanol–water partition coefficient (Wildman–Crippen LogP) is 4.09. The monoisotopic (exact) mass is 555 g/mol. The third-order valence-corrected chi connectivity index (χ3v) is 6.45. The Hall–Kier alpha value is -1.07. The molecule has 1 atom stereocenters. The molecule has 2 aliphatic rings. The van der Waals surface area contributed by atoms with Crippen molar-refractivity contribution in [3.05, 3.63) is 35.4 Å². The molecule has 3 rings (SSSR count). The third-order valence-electron chi connectivity index (χ3n) is 6.45. The number of nitrogens with zero attached hydrogens (tertiary/aromatic N) is 1. The highest BCUT2D eigenvalue weighted by Gasteiger charge is 2.40. The molecule has 1 saturated carbocycles. The summed E-state index contributed by atoms with van der Waals surface area (Å²) in [4.78, 5) is 4.72. The van der Waals surface area contributed by atoms with Crippen molar-refractivity contribution in [2.24, 2.45) is 10.4 Å². The van der Waals surface area contributed by atoms with Crippen molar-refractivity contribution >= 4 is 29.9 Å². The average molecular weight is 555 g/mol. The number of aliphatic hydroxyl groups excluding tert-OH is 1. The Morgan fingerprint density at radius 1 is 1.23 bits per heavy atom. The van der Waals surface area contributed by atoms with E-state index in [1.54, 1.807) is 6.07 Å². The number of hydrogen-bond donors (Lipinski definition) is 3. The first-order valence-electron chi connectivity index (χ1n) is 10.7. The summed E-state index contributed by atoms with van der Waals surface area (Å²) in [6.45, 7) is 5.10. The molecule has 1 saturated heterocycles. The highest BCUT2D eigenvalue weighted by Crippen LogP contribution is 2.44. The van der Waals surface area contributed by atoms with Crippen molar-refractivity contribution in [3.8, 4) is 0 Å². The number of aliphatic hydroxyl groups is 1. The highest BCUT2D eigenvalue weighted by molar-refractivity contribution is 14.0. The standard InChI is InChI=1S/C22H32F3N3O2.HI/c1-2-26-19(27-14-20(9-11-29)10-12-30-16-20)28-15-21(7-4-8-21)17-5-3-6-18(13-17)22(23,24)25;/h3,5-6,13,29H,2,4,7-12,14-16H2,1H3,(H2,26,27,28);1H. The lowest BCUT2D eigenvalue weighted by atomic mass is 9.64. The van der Waals surface area contributed by atoms with Crippen LogP contribution in [0.3, 0.4) is 0 Å². The Morgan fingerprint density at radius 3 is 2.55 bits per heavy atom. The van der Waals surface area contributed by atoms with Gasteiger partial charge in [0.1, 0.15) is 0 Å². The van der Waals surface area contributed by atoms with Crippen molar-refractivity contribution in [2.45, 2.75) is 50.6 Å². The zero-order valence-electron chi connectivity index (χ0n) is 17.9. The van der Waals surface area contributed by atoms with Gasteiger partial charge in [0.05, 0.1) is 18.7 Å². The van der Waals surface area contributed by atoms with Crippen LogP contribution in [0.15, 0.2) is 29.3 Å². The van der Waals surface area contributed by atoms with E-state index in [0.29, 0.717) is 45.2 Å². The maximum absolute atomic E-state index is 13.2. The fourth-order valence-electron chi connectivity index (χ4n) is 4.33. The molecule has 1 aromatic carbocycles. The molecular formula is C22H33F3IN3O2. The molecule has 0 radical (unpaired) electrons. The Kier molecular flexibility index (Phi) is 9.44. The van der Waals surface area contributed by atoms with E-state index in [-0.39, 0.29) is 41.4 Å². The minimum Gasteiger partial charge on any atom is -0.396 e. The number of nitrogens with one attached hydrogen (secondary N) is 2. The lowest BCUT2D eigenvalue weighted by Gasteiger charge is -2.43. The zero-order valence-corrected chi connectivity index (χ0v) is 20.3. The van der Waals surface area contributed by atoms with Gasteiger partial charge in [-0.25, -0.2) is 0 Å². The second-order valence-electron chi connectivity index (χ2n) is 8.54. The maximum atomic E-state index is 13.2. The van der Waals surface area contributed by atoms with Crippen molar-refractivity contribution in [1.29, 1.82) is 0 Å². The average Bonchev–Trinajstić information content (AvgIpc) is 3.14. The Balaban J connectivity index is 0.00000341. The smallest absolute Gasteiger partial charge is 0.396 e. The van der Waals surface area contributed by atoms with Gasteiger partial charge in [0.25, 0.3) is 0 Å². The number of ether oxygens (including phenoxy) is 1. The summed E-state index contributed by atoms with van der Waals surface area (Å²) in [5.74, 6) is 0.653. The Bertz CT molecular complexity index is 733. The van der Waals surface area contributed by atoms with Gasteiger partial charge in [-0.1, -0.05) is 24.6 Å². The third kappa shape index (κ3) is 6.47. The van der Waals surface area contributed by atoms with Crippen LogP contribution in [0.1, 0.15) is 50.2 Å². The zero-order chi connectivity index (χ0) is 21.7. The summed E-state index contributed by atoms with van der Waals surface area (Å²) in [5.41, 5.74) is -0.324. The van der Waals surface area contributed by atoms with Gasteiger partial charge >= 0.3 is 6.18 Å². The number of halogens is 4. The quantitative estimate of drug-likeness (QED) is 0.257. The molecule has 1 aliphatic heterocycles. The number of rotatable bonds is 8. The molecule has 5 nitrogen and oxygen atoms in total. The highest BCUT2D eigenvalue weighted by atomic mass is 127. The minimum absolute atomic E-state index is 0. The van der Waals surface area contributed by atoms with Gasteiger partial charge < -0.3 is 20.5 Å². The molecule has 1 unspecified atom stereocenters. The molecule has 9 heteroatoms. The predicted molar refractivity (Wildman–Crippen MR) is 126 cm³/mol. The molecule has 0 bridgehead atoms. The van der Waals surface area contributed by atoms with Crippen LogP contribution in [0, 0.1) is 5.41 Å². The van der Waals surface area contributed by atoms with Gasteiger partial charge in [0.15, 0.2) is 5.96 Å². The molecule has 0 spiro atoms. The maximum Gasteiger partial charge on any atom is 0.416 e. The van der Waals surface area contributed by atoms with E-state index in [4.69, 9.17) is 9.73 Å². The lowest BCUT2D eigenvalue weighted by molar-refractivity contribution is -0.137. The van der Waals surface area contributed by atoms with Gasteiger partial charge in [0.2, 0.25) is 0 Å². The van der Waals surface area contributed by atoms with Crippen LogP contribution in [-0.4, -0.2) is 50.5 Å². The molecule has 1 aliphatic carbocycles. The fraction of sp³-hybridized carbons (Fsp3) is 0.682. The SMILES string of the molecule is CCNC(=NCC1(CCO)CCOC1)NCC1(c2cccc(C(F)(F)F)c2)CCC1.I. The van der Waals surface area contributed by atoms with Crippen LogP contribution in [-0.2, 0) is 16.3 Å². The van der Waals surface area contributed by atoms with Crippen LogP contribution in [0.2, 0.25) is 0 Å². The van der Waals surface area contributed by atoms with Crippen LogP contribution in [0.5, 0.6) is 0 Å². The van der Waals surface area contributed by atoms with Crippen LogP contribution < -0.4 is 10.6 Å². The van der Waals surface area contributed by atoms with Crippen LogP contribution >= 0.6 is 24.0 Å². The van der Waals surface area contributed by atoms with Crippen molar-refractivity contribution in [1.82, 2.24) is 10.6 Å². The number of guanidine groups is 1. The molecule has 3 N–H and O–H groups in total. The van der Waals surface area contributed by atoms with Crippen LogP contribution in [0.25, 0.3) is 0 Å². The molecule has 176 valence electrons. The normalized spacial score (nSPS) is 23.1. The van der Waals surface area contributed by atoms with E-state index in [1.165, 1.54) is 12.1 Å². The molecule has 1 aromatic rings. The van der Waals surface area contributed by atoms with Gasteiger partial charge in [-0.05, 0) is 44.2 Å².